The Morgan fingerprint density at radius 3 is 2.39 bits per heavy atom. The summed E-state index contributed by atoms with van der Waals surface area (Å²) in [6.45, 7) is 0. The molecule has 4 aromatic carbocycles. The average molecular weight is 302 g/mol. The third kappa shape index (κ3) is 1.36. The summed E-state index contributed by atoms with van der Waals surface area (Å²) in [6.07, 6.45) is -2.07. The lowest BCUT2D eigenvalue weighted by Gasteiger charge is -2.26. The molecule has 4 atom stereocenters. The Morgan fingerprint density at radius 2 is 1.57 bits per heavy atom. The minimum atomic E-state index is -0.890. The maximum Gasteiger partial charge on any atom is 0.118 e. The first-order valence-corrected chi connectivity index (χ1v) is 7.96. The van der Waals surface area contributed by atoms with Gasteiger partial charge in [0.1, 0.15) is 24.4 Å². The van der Waals surface area contributed by atoms with Gasteiger partial charge in [0.2, 0.25) is 0 Å². The van der Waals surface area contributed by atoms with E-state index < -0.39 is 12.2 Å². The van der Waals surface area contributed by atoms with Crippen molar-refractivity contribution in [2.45, 2.75) is 24.4 Å². The molecule has 2 aliphatic rings. The first-order valence-electron chi connectivity index (χ1n) is 7.96. The van der Waals surface area contributed by atoms with Crippen molar-refractivity contribution in [2.24, 2.45) is 0 Å². The van der Waals surface area contributed by atoms with Crippen molar-refractivity contribution in [3.8, 4) is 0 Å². The van der Waals surface area contributed by atoms with Crippen LogP contribution in [-0.2, 0) is 4.74 Å². The zero-order chi connectivity index (χ0) is 15.3. The van der Waals surface area contributed by atoms with Gasteiger partial charge in [-0.3, -0.25) is 0 Å². The Morgan fingerprint density at radius 1 is 0.826 bits per heavy atom. The van der Waals surface area contributed by atoms with E-state index in [1.165, 1.54) is 26.9 Å². The van der Waals surface area contributed by atoms with Gasteiger partial charge in [0, 0.05) is 0 Å². The molecule has 112 valence electrons. The number of hydrogen-bond donors (Lipinski definition) is 2. The number of ether oxygens (including phenoxy) is 1. The molecule has 0 spiro atoms. The fourth-order valence-electron chi connectivity index (χ4n) is 4.40. The number of aliphatic hydroxyl groups excluding tert-OH is 2. The molecule has 23 heavy (non-hydrogen) atoms. The van der Waals surface area contributed by atoms with Crippen LogP contribution in [0.1, 0.15) is 23.3 Å². The summed E-state index contributed by atoms with van der Waals surface area (Å²) in [5.74, 6) is 0. The van der Waals surface area contributed by atoms with Crippen LogP contribution in [0.25, 0.3) is 32.3 Å². The molecule has 1 aliphatic heterocycles. The Hall–Kier alpha value is -2.20. The SMILES string of the molecule is OC1c2c(cc3ccc4cccc5ccc2c3c45)C2O[C@H]2[C@@H]1O. The number of benzene rings is 4. The zero-order valence-corrected chi connectivity index (χ0v) is 12.2. The van der Waals surface area contributed by atoms with Crippen LogP contribution in [0, 0.1) is 0 Å². The Balaban J connectivity index is 1.86. The zero-order valence-electron chi connectivity index (χ0n) is 12.2. The molecule has 2 N–H and O–H groups in total. The van der Waals surface area contributed by atoms with Crippen molar-refractivity contribution >= 4 is 32.3 Å². The highest BCUT2D eigenvalue weighted by atomic mass is 16.6. The Kier molecular flexibility index (Phi) is 2.03. The predicted octanol–water partition coefficient (Wildman–Crippen LogP) is 3.43. The van der Waals surface area contributed by atoms with Gasteiger partial charge in [-0.15, -0.1) is 0 Å². The summed E-state index contributed by atoms with van der Waals surface area (Å²) in [6, 6.07) is 16.9. The monoisotopic (exact) mass is 302 g/mol. The minimum Gasteiger partial charge on any atom is -0.387 e. The van der Waals surface area contributed by atoms with Crippen LogP contribution in [0.15, 0.2) is 48.5 Å². The van der Waals surface area contributed by atoms with E-state index in [9.17, 15) is 10.2 Å². The molecule has 6 rings (SSSR count). The lowest BCUT2D eigenvalue weighted by atomic mass is 9.81. The van der Waals surface area contributed by atoms with Gasteiger partial charge in [0.25, 0.3) is 0 Å². The standard InChI is InChI=1S/C20H14O3/c21-17-16-12-7-6-10-3-1-2-9-4-5-11(15(12)14(9)10)8-13(16)19-20(23-19)18(17)22/h1-8,17-22H/t17?,18-,19?,20+/m1/s1. The van der Waals surface area contributed by atoms with E-state index in [4.69, 9.17) is 4.74 Å². The molecule has 0 radical (unpaired) electrons. The third-order valence-corrected chi connectivity index (χ3v) is 5.51. The normalized spacial score (nSPS) is 29.1. The first-order chi connectivity index (χ1) is 11.2. The average Bonchev–Trinajstić information content (AvgIpc) is 3.38. The number of epoxide rings is 1. The molecule has 0 aromatic heterocycles. The topological polar surface area (TPSA) is 53.0 Å². The van der Waals surface area contributed by atoms with Crippen LogP contribution in [0.3, 0.4) is 0 Å². The number of fused-ring (bicyclic) bond motifs is 4. The fraction of sp³-hybridized carbons (Fsp3) is 0.200. The van der Waals surface area contributed by atoms with Crippen molar-refractivity contribution in [2.75, 3.05) is 0 Å². The van der Waals surface area contributed by atoms with Crippen molar-refractivity contribution in [3.63, 3.8) is 0 Å². The summed E-state index contributed by atoms with van der Waals surface area (Å²) < 4.78 is 5.60. The molecule has 1 saturated heterocycles. The van der Waals surface area contributed by atoms with Crippen molar-refractivity contribution < 1.29 is 14.9 Å². The lowest BCUT2D eigenvalue weighted by molar-refractivity contribution is 0.000843. The van der Waals surface area contributed by atoms with Crippen LogP contribution in [0.2, 0.25) is 0 Å². The van der Waals surface area contributed by atoms with Crippen molar-refractivity contribution in [1.29, 1.82) is 0 Å². The van der Waals surface area contributed by atoms with Gasteiger partial charge in [-0.25, -0.2) is 0 Å². The number of rotatable bonds is 0. The van der Waals surface area contributed by atoms with Gasteiger partial charge in [-0.05, 0) is 49.5 Å². The summed E-state index contributed by atoms with van der Waals surface area (Å²) in [5.41, 5.74) is 1.86. The summed E-state index contributed by atoms with van der Waals surface area (Å²) in [7, 11) is 0. The van der Waals surface area contributed by atoms with E-state index in [2.05, 4.69) is 48.5 Å². The Labute approximate surface area is 132 Å². The first kappa shape index (κ1) is 12.3. The highest BCUT2D eigenvalue weighted by Gasteiger charge is 2.54. The van der Waals surface area contributed by atoms with E-state index >= 15 is 0 Å². The highest BCUT2D eigenvalue weighted by Crippen LogP contribution is 2.53. The maximum absolute atomic E-state index is 10.6. The molecule has 3 heteroatoms. The smallest absolute Gasteiger partial charge is 0.118 e. The highest BCUT2D eigenvalue weighted by molar-refractivity contribution is 6.23. The van der Waals surface area contributed by atoms with E-state index in [1.807, 2.05) is 0 Å². The Bertz CT molecular complexity index is 1080. The van der Waals surface area contributed by atoms with Gasteiger partial charge in [-0.1, -0.05) is 42.5 Å². The second kappa shape index (κ2) is 3.82. The quantitative estimate of drug-likeness (QED) is 0.386. The molecule has 1 aliphatic carbocycles. The molecule has 1 heterocycles. The van der Waals surface area contributed by atoms with Gasteiger partial charge >= 0.3 is 0 Å². The summed E-state index contributed by atoms with van der Waals surface area (Å²) in [5, 5.41) is 27.9. The van der Waals surface area contributed by atoms with Gasteiger partial charge < -0.3 is 14.9 Å². The fourth-order valence-corrected chi connectivity index (χ4v) is 4.40. The van der Waals surface area contributed by atoms with E-state index in [0.29, 0.717) is 0 Å². The molecule has 0 bridgehead atoms. The van der Waals surface area contributed by atoms with Gasteiger partial charge in [0.15, 0.2) is 0 Å². The number of hydrogen-bond acceptors (Lipinski definition) is 3. The van der Waals surface area contributed by atoms with Gasteiger partial charge in [-0.2, -0.15) is 0 Å². The summed E-state index contributed by atoms with van der Waals surface area (Å²) >= 11 is 0. The van der Waals surface area contributed by atoms with Gasteiger partial charge in [0.05, 0.1) is 0 Å². The largest absolute Gasteiger partial charge is 0.387 e. The van der Waals surface area contributed by atoms with Crippen molar-refractivity contribution in [1.82, 2.24) is 0 Å². The molecule has 3 nitrogen and oxygen atoms in total. The van der Waals surface area contributed by atoms with Crippen LogP contribution >= 0.6 is 0 Å². The minimum absolute atomic E-state index is 0.0784. The number of aliphatic hydroxyl groups is 2. The third-order valence-electron chi connectivity index (χ3n) is 5.51. The van der Waals surface area contributed by atoms with Crippen LogP contribution in [-0.4, -0.2) is 22.4 Å². The van der Waals surface area contributed by atoms with Crippen LogP contribution in [0.4, 0.5) is 0 Å². The second-order valence-electron chi connectivity index (χ2n) is 6.69. The molecular weight excluding hydrogens is 288 g/mol. The predicted molar refractivity (Wildman–Crippen MR) is 88.7 cm³/mol. The maximum atomic E-state index is 10.6. The summed E-state index contributed by atoms with van der Waals surface area (Å²) in [4.78, 5) is 0. The molecular formula is C20H14O3. The molecule has 0 saturated carbocycles. The van der Waals surface area contributed by atoms with E-state index in [-0.39, 0.29) is 12.2 Å². The molecule has 4 aromatic rings. The van der Waals surface area contributed by atoms with Crippen LogP contribution in [0.5, 0.6) is 0 Å². The molecule has 0 amide bonds. The molecule has 2 unspecified atom stereocenters. The van der Waals surface area contributed by atoms with Crippen LogP contribution < -0.4 is 0 Å². The second-order valence-corrected chi connectivity index (χ2v) is 6.69. The van der Waals surface area contributed by atoms with E-state index in [1.54, 1.807) is 0 Å². The van der Waals surface area contributed by atoms with E-state index in [0.717, 1.165) is 16.5 Å². The molecule has 1 fully saturated rings. The van der Waals surface area contributed by atoms with Crippen molar-refractivity contribution in [3.05, 3.63) is 59.7 Å². The lowest BCUT2D eigenvalue weighted by Crippen LogP contribution is -2.29.